The van der Waals surface area contributed by atoms with Gasteiger partial charge in [-0.1, -0.05) is 53.5 Å². The van der Waals surface area contributed by atoms with Crippen LogP contribution in [-0.4, -0.2) is 56.1 Å². The van der Waals surface area contributed by atoms with Gasteiger partial charge in [-0.15, -0.1) is 11.3 Å². The number of aliphatic carboxylic acids is 1. The van der Waals surface area contributed by atoms with E-state index >= 15 is 0 Å². The summed E-state index contributed by atoms with van der Waals surface area (Å²) < 4.78 is 0.909. The molecule has 3 aromatic heterocycles. The number of thiazole rings is 1. The topological polar surface area (TPSA) is 154 Å². The summed E-state index contributed by atoms with van der Waals surface area (Å²) in [6.07, 6.45) is 4.79. The van der Waals surface area contributed by atoms with Gasteiger partial charge in [0.2, 0.25) is 5.91 Å². The number of anilines is 2. The summed E-state index contributed by atoms with van der Waals surface area (Å²) in [5.41, 5.74) is 5.73. The second-order valence-corrected chi connectivity index (χ2v) is 12.7. The molecule has 11 nitrogen and oxygen atoms in total. The summed E-state index contributed by atoms with van der Waals surface area (Å²) in [6, 6.07) is 13.4. The molecule has 1 atom stereocenters. The van der Waals surface area contributed by atoms with Crippen LogP contribution in [0.25, 0.3) is 32.6 Å². The molecule has 1 amide bonds. The maximum Gasteiger partial charge on any atom is 0.317 e. The molecule has 0 bridgehead atoms. The highest BCUT2D eigenvalue weighted by molar-refractivity contribution is 7.18. The van der Waals surface area contributed by atoms with Gasteiger partial charge in [0.15, 0.2) is 5.82 Å². The van der Waals surface area contributed by atoms with Gasteiger partial charge in [0.1, 0.15) is 10.5 Å². The number of aryl methyl sites for hydroxylation is 1. The third kappa shape index (κ3) is 7.11. The fraction of sp³-hybridized carbons (Fsp3) is 0.250. The summed E-state index contributed by atoms with van der Waals surface area (Å²) in [5, 5.41) is 23.1. The lowest BCUT2D eigenvalue weighted by atomic mass is 10.0. The standard InChI is InChI=1S/C32H30Cl2N8O3S/c1-17-23(13-35-12-18-8-9-26(43)39-18)40-24(14-38-17)21-6-2-4-19(29(21)33)20-5-3-7-22(30(20)34)41-32-31-25(10-11-37-32)46-27(42-31)15-36-16-28(44)45/h2-7,10-11,14,18,35-36H,8-9,12-13,15-16H2,1H3,(H,37,41)(H,39,43)(H,44,45)/t18-/m0/s1. The largest absolute Gasteiger partial charge is 0.480 e. The van der Waals surface area contributed by atoms with Crippen LogP contribution in [0.5, 0.6) is 0 Å². The number of nitrogens with zero attached hydrogens (tertiary/aromatic N) is 4. The second-order valence-electron chi connectivity index (χ2n) is 10.8. The Morgan fingerprint density at radius 1 is 1.02 bits per heavy atom. The predicted molar refractivity (Wildman–Crippen MR) is 181 cm³/mol. The first-order valence-electron chi connectivity index (χ1n) is 14.6. The van der Waals surface area contributed by atoms with Crippen molar-refractivity contribution in [3.05, 3.63) is 81.3 Å². The number of hydrogen-bond acceptors (Lipinski definition) is 10. The van der Waals surface area contributed by atoms with Gasteiger partial charge in [0, 0.05) is 55.0 Å². The van der Waals surface area contributed by atoms with Crippen LogP contribution < -0.4 is 21.3 Å². The number of aromatic nitrogens is 4. The maximum atomic E-state index is 11.5. The molecule has 1 fully saturated rings. The van der Waals surface area contributed by atoms with Crippen LogP contribution in [0.4, 0.5) is 11.5 Å². The molecule has 0 unspecified atom stereocenters. The summed E-state index contributed by atoms with van der Waals surface area (Å²) in [4.78, 5) is 41.0. The van der Waals surface area contributed by atoms with E-state index < -0.39 is 5.97 Å². The molecule has 0 saturated carbocycles. The molecule has 6 rings (SSSR count). The number of halogens is 2. The zero-order valence-electron chi connectivity index (χ0n) is 24.7. The molecule has 2 aromatic carbocycles. The van der Waals surface area contributed by atoms with Gasteiger partial charge in [-0.3, -0.25) is 14.6 Å². The number of carboxylic acid groups (broad SMARTS) is 1. The normalized spacial score (nSPS) is 14.5. The first-order chi connectivity index (χ1) is 22.3. The van der Waals surface area contributed by atoms with Gasteiger partial charge in [-0.2, -0.15) is 0 Å². The molecule has 0 radical (unpaired) electrons. The van der Waals surface area contributed by atoms with Crippen LogP contribution in [0.3, 0.4) is 0 Å². The van der Waals surface area contributed by atoms with E-state index in [9.17, 15) is 9.59 Å². The van der Waals surface area contributed by atoms with E-state index in [4.69, 9.17) is 33.3 Å². The van der Waals surface area contributed by atoms with Crippen molar-refractivity contribution in [2.45, 2.75) is 38.9 Å². The minimum atomic E-state index is -0.928. The fourth-order valence-corrected chi connectivity index (χ4v) is 6.76. The van der Waals surface area contributed by atoms with E-state index in [2.05, 4.69) is 36.2 Å². The molecule has 1 aliphatic rings. The van der Waals surface area contributed by atoms with Gasteiger partial charge in [-0.25, -0.2) is 15.0 Å². The summed E-state index contributed by atoms with van der Waals surface area (Å²) >= 11 is 15.5. The van der Waals surface area contributed by atoms with Crippen LogP contribution >= 0.6 is 34.5 Å². The average Bonchev–Trinajstić information content (AvgIpc) is 3.65. The Balaban J connectivity index is 1.24. The molecule has 1 saturated heterocycles. The van der Waals surface area contributed by atoms with E-state index in [1.54, 1.807) is 12.4 Å². The first kappa shape index (κ1) is 31.8. The Morgan fingerprint density at radius 3 is 2.59 bits per heavy atom. The number of nitrogens with one attached hydrogen (secondary N) is 4. The quantitative estimate of drug-likeness (QED) is 0.111. The lowest BCUT2D eigenvalue weighted by Gasteiger charge is -2.15. The number of amides is 1. The lowest BCUT2D eigenvalue weighted by Crippen LogP contribution is -2.35. The van der Waals surface area contributed by atoms with Crippen molar-refractivity contribution in [1.82, 2.24) is 35.9 Å². The third-order valence-electron chi connectivity index (χ3n) is 7.54. The highest BCUT2D eigenvalue weighted by Crippen LogP contribution is 2.42. The summed E-state index contributed by atoms with van der Waals surface area (Å²) in [5.74, 6) is -0.307. The molecular formula is C32H30Cl2N8O3S. The van der Waals surface area contributed by atoms with Crippen LogP contribution in [0, 0.1) is 6.92 Å². The minimum absolute atomic E-state index is 0.0901. The van der Waals surface area contributed by atoms with E-state index in [1.807, 2.05) is 49.4 Å². The van der Waals surface area contributed by atoms with Gasteiger partial charge < -0.3 is 26.4 Å². The van der Waals surface area contributed by atoms with Crippen LogP contribution in [0.15, 0.2) is 54.9 Å². The van der Waals surface area contributed by atoms with Crippen molar-refractivity contribution in [1.29, 1.82) is 0 Å². The number of hydrogen-bond donors (Lipinski definition) is 5. The first-order valence-corrected chi connectivity index (χ1v) is 16.2. The Morgan fingerprint density at radius 2 is 1.80 bits per heavy atom. The predicted octanol–water partition coefficient (Wildman–Crippen LogP) is 5.72. The van der Waals surface area contributed by atoms with Crippen molar-refractivity contribution >= 4 is 68.1 Å². The summed E-state index contributed by atoms with van der Waals surface area (Å²) in [6.45, 7) is 3.27. The summed E-state index contributed by atoms with van der Waals surface area (Å²) in [7, 11) is 0. The van der Waals surface area contributed by atoms with E-state index in [1.165, 1.54) is 11.3 Å². The Kier molecular flexibility index (Phi) is 9.71. The molecule has 5 aromatic rings. The van der Waals surface area contributed by atoms with Crippen molar-refractivity contribution in [3.63, 3.8) is 0 Å². The molecular weight excluding hydrogens is 647 g/mol. The van der Waals surface area contributed by atoms with E-state index in [0.717, 1.165) is 44.2 Å². The number of carboxylic acids is 1. The molecule has 0 spiro atoms. The fourth-order valence-electron chi connectivity index (χ4n) is 5.23. The van der Waals surface area contributed by atoms with Gasteiger partial charge in [0.25, 0.3) is 0 Å². The monoisotopic (exact) mass is 676 g/mol. The highest BCUT2D eigenvalue weighted by Gasteiger charge is 2.21. The van der Waals surface area contributed by atoms with E-state index in [0.29, 0.717) is 58.8 Å². The Bertz CT molecular complexity index is 1940. The number of rotatable bonds is 12. The van der Waals surface area contributed by atoms with Gasteiger partial charge in [0.05, 0.1) is 50.3 Å². The maximum absolute atomic E-state index is 11.5. The zero-order valence-corrected chi connectivity index (χ0v) is 27.1. The SMILES string of the molecule is Cc1ncc(-c2cccc(-c3cccc(Nc4nccc5sc(CNCC(=O)O)nc45)c3Cl)c2Cl)nc1CNC[C@@H]1CCC(=O)N1. The molecule has 236 valence electrons. The Labute approximate surface area is 278 Å². The van der Waals surface area contributed by atoms with Crippen molar-refractivity contribution < 1.29 is 14.7 Å². The van der Waals surface area contributed by atoms with Crippen molar-refractivity contribution in [3.8, 4) is 22.4 Å². The molecule has 46 heavy (non-hydrogen) atoms. The van der Waals surface area contributed by atoms with Crippen LogP contribution in [0.2, 0.25) is 10.0 Å². The molecule has 4 heterocycles. The number of pyridine rings is 1. The van der Waals surface area contributed by atoms with Crippen LogP contribution in [0.1, 0.15) is 29.2 Å². The number of carbonyl (C=O) groups is 2. The van der Waals surface area contributed by atoms with Crippen molar-refractivity contribution in [2.24, 2.45) is 0 Å². The Hall–Kier alpha value is -4.20. The number of fused-ring (bicyclic) bond motifs is 1. The highest BCUT2D eigenvalue weighted by atomic mass is 35.5. The number of benzene rings is 2. The second kappa shape index (κ2) is 14.1. The lowest BCUT2D eigenvalue weighted by molar-refractivity contribution is -0.136. The minimum Gasteiger partial charge on any atom is -0.480 e. The molecule has 5 N–H and O–H groups in total. The molecule has 1 aliphatic heterocycles. The van der Waals surface area contributed by atoms with Gasteiger partial charge in [-0.05, 0) is 25.5 Å². The van der Waals surface area contributed by atoms with Crippen LogP contribution in [-0.2, 0) is 22.7 Å². The molecule has 0 aliphatic carbocycles. The van der Waals surface area contributed by atoms with E-state index in [-0.39, 0.29) is 18.5 Å². The zero-order chi connectivity index (χ0) is 32.2. The molecule has 14 heteroatoms. The number of carbonyl (C=O) groups excluding carboxylic acids is 1. The third-order valence-corrected chi connectivity index (χ3v) is 9.38. The van der Waals surface area contributed by atoms with Gasteiger partial charge >= 0.3 is 5.97 Å². The van der Waals surface area contributed by atoms with Crippen molar-refractivity contribution in [2.75, 3.05) is 18.4 Å². The smallest absolute Gasteiger partial charge is 0.317 e. The average molecular weight is 678 g/mol.